The Morgan fingerprint density at radius 1 is 1.14 bits per heavy atom. The molecule has 7 heteroatoms. The zero-order chi connectivity index (χ0) is 20.3. The fraction of sp³-hybridized carbons (Fsp3) is 0.238. The molecule has 3 rings (SSSR count). The van der Waals surface area contributed by atoms with Crippen LogP contribution in [0.25, 0.3) is 10.9 Å². The van der Waals surface area contributed by atoms with Crippen LogP contribution in [0.4, 0.5) is 5.69 Å². The fourth-order valence-electron chi connectivity index (χ4n) is 3.02. The first kappa shape index (κ1) is 19.3. The summed E-state index contributed by atoms with van der Waals surface area (Å²) in [5.41, 5.74) is 6.97. The molecule has 3 aromatic rings. The van der Waals surface area contributed by atoms with Gasteiger partial charge >= 0.3 is 0 Å². The molecule has 0 atom stereocenters. The van der Waals surface area contributed by atoms with Gasteiger partial charge in [0.05, 0.1) is 18.3 Å². The second-order valence-corrected chi connectivity index (χ2v) is 6.62. The first-order valence-corrected chi connectivity index (χ1v) is 8.90. The molecule has 28 heavy (non-hydrogen) atoms. The Hall–Kier alpha value is -3.48. The van der Waals surface area contributed by atoms with Gasteiger partial charge in [-0.25, -0.2) is 0 Å². The number of amides is 2. The molecule has 0 unspecified atom stereocenters. The molecular weight excluding hydrogens is 358 g/mol. The first-order chi connectivity index (χ1) is 13.4. The summed E-state index contributed by atoms with van der Waals surface area (Å²) < 4.78 is 13.1. The van der Waals surface area contributed by atoms with Crippen LogP contribution in [-0.2, 0) is 4.79 Å². The highest BCUT2D eigenvalue weighted by Gasteiger charge is 2.13. The van der Waals surface area contributed by atoms with Crippen molar-refractivity contribution in [1.82, 2.24) is 4.57 Å². The van der Waals surface area contributed by atoms with Crippen molar-refractivity contribution in [2.24, 2.45) is 5.73 Å². The molecule has 0 saturated heterocycles. The van der Waals surface area contributed by atoms with E-state index in [-0.39, 0.29) is 18.1 Å². The molecule has 1 heterocycles. The number of hydrogen-bond acceptors (Lipinski definition) is 4. The molecule has 0 aliphatic rings. The maximum Gasteiger partial charge on any atom is 0.262 e. The number of carbonyl (C=O) groups excluding carboxylic acids is 2. The molecule has 0 fully saturated rings. The largest absolute Gasteiger partial charge is 0.495 e. The molecule has 1 aromatic heterocycles. The highest BCUT2D eigenvalue weighted by atomic mass is 16.5. The number of methoxy groups -OCH3 is 1. The molecule has 0 saturated carbocycles. The molecule has 3 N–H and O–H groups in total. The van der Waals surface area contributed by atoms with Gasteiger partial charge in [-0.05, 0) is 50.2 Å². The van der Waals surface area contributed by atoms with Gasteiger partial charge in [-0.1, -0.05) is 6.07 Å². The van der Waals surface area contributed by atoms with Gasteiger partial charge in [0, 0.05) is 23.2 Å². The number of fused-ring (bicyclic) bond motifs is 1. The molecule has 0 spiro atoms. The van der Waals surface area contributed by atoms with E-state index < -0.39 is 5.91 Å². The van der Waals surface area contributed by atoms with Gasteiger partial charge in [0.2, 0.25) is 5.91 Å². The highest BCUT2D eigenvalue weighted by molar-refractivity contribution is 5.98. The van der Waals surface area contributed by atoms with Crippen molar-refractivity contribution in [3.05, 3.63) is 54.2 Å². The van der Waals surface area contributed by atoms with Crippen molar-refractivity contribution < 1.29 is 19.1 Å². The number of primary amides is 1. The average molecular weight is 381 g/mol. The Kier molecular flexibility index (Phi) is 5.54. The summed E-state index contributed by atoms with van der Waals surface area (Å²) in [4.78, 5) is 23.7. The normalized spacial score (nSPS) is 10.9. The van der Waals surface area contributed by atoms with Crippen LogP contribution in [0.15, 0.2) is 48.7 Å². The SMILES string of the molecule is COc1ccc(C(N)=O)cc1NC(=O)COc1cccc2c1ccn2C(C)C. The Labute approximate surface area is 163 Å². The first-order valence-electron chi connectivity index (χ1n) is 8.90. The van der Waals surface area contributed by atoms with Crippen molar-refractivity contribution in [2.45, 2.75) is 19.9 Å². The molecule has 2 amide bonds. The second kappa shape index (κ2) is 8.04. The van der Waals surface area contributed by atoms with Crippen LogP contribution in [0.2, 0.25) is 0 Å². The third kappa shape index (κ3) is 3.93. The summed E-state index contributed by atoms with van der Waals surface area (Å²) in [5, 5.41) is 3.64. The summed E-state index contributed by atoms with van der Waals surface area (Å²) in [6.07, 6.45) is 2.00. The van der Waals surface area contributed by atoms with E-state index in [1.165, 1.54) is 19.2 Å². The lowest BCUT2D eigenvalue weighted by Crippen LogP contribution is -2.21. The van der Waals surface area contributed by atoms with Gasteiger partial charge in [0.25, 0.3) is 5.91 Å². The van der Waals surface area contributed by atoms with Crippen molar-refractivity contribution >= 4 is 28.4 Å². The standard InChI is InChI=1S/C21H23N3O4/c1-13(2)24-10-9-15-17(24)5-4-6-18(15)28-12-20(25)23-16-11-14(21(22)26)7-8-19(16)27-3/h4-11,13H,12H2,1-3H3,(H2,22,26)(H,23,25). The molecule has 0 radical (unpaired) electrons. The minimum absolute atomic E-state index is 0.185. The van der Waals surface area contributed by atoms with Crippen LogP contribution < -0.4 is 20.5 Å². The summed E-state index contributed by atoms with van der Waals surface area (Å²) in [7, 11) is 1.48. The van der Waals surface area contributed by atoms with E-state index in [0.29, 0.717) is 23.2 Å². The number of nitrogens with zero attached hydrogens (tertiary/aromatic N) is 1. The smallest absolute Gasteiger partial charge is 0.262 e. The lowest BCUT2D eigenvalue weighted by atomic mass is 10.1. The molecule has 146 valence electrons. The third-order valence-corrected chi connectivity index (χ3v) is 4.40. The predicted octanol–water partition coefficient (Wildman–Crippen LogP) is 3.35. The van der Waals surface area contributed by atoms with Gasteiger partial charge in [-0.15, -0.1) is 0 Å². The number of anilines is 1. The number of hydrogen-bond donors (Lipinski definition) is 2. The number of aromatic nitrogens is 1. The minimum atomic E-state index is -0.587. The van der Waals surface area contributed by atoms with E-state index in [4.69, 9.17) is 15.2 Å². The summed E-state index contributed by atoms with van der Waals surface area (Å²) in [5.74, 6) is 0.0929. The van der Waals surface area contributed by atoms with Crippen LogP contribution in [0.5, 0.6) is 11.5 Å². The van der Waals surface area contributed by atoms with Gasteiger partial charge in [0.15, 0.2) is 6.61 Å². The maximum atomic E-state index is 12.4. The van der Waals surface area contributed by atoms with E-state index >= 15 is 0 Å². The van der Waals surface area contributed by atoms with Gasteiger partial charge < -0.3 is 25.1 Å². The quantitative estimate of drug-likeness (QED) is 0.656. The second-order valence-electron chi connectivity index (χ2n) is 6.62. The van der Waals surface area contributed by atoms with Crippen LogP contribution in [0, 0.1) is 0 Å². The van der Waals surface area contributed by atoms with Crippen LogP contribution in [0.1, 0.15) is 30.2 Å². The number of nitrogens with one attached hydrogen (secondary N) is 1. The number of rotatable bonds is 7. The van der Waals surface area contributed by atoms with Crippen LogP contribution in [-0.4, -0.2) is 30.1 Å². The molecule has 7 nitrogen and oxygen atoms in total. The Morgan fingerprint density at radius 2 is 1.93 bits per heavy atom. The zero-order valence-corrected chi connectivity index (χ0v) is 16.1. The Bertz CT molecular complexity index is 1020. The molecule has 0 bridgehead atoms. The number of nitrogens with two attached hydrogens (primary N) is 1. The van der Waals surface area contributed by atoms with E-state index in [2.05, 4.69) is 23.7 Å². The van der Waals surface area contributed by atoms with Gasteiger partial charge in [0.1, 0.15) is 11.5 Å². The summed E-state index contributed by atoms with van der Waals surface area (Å²) in [6, 6.07) is 12.6. The Balaban J connectivity index is 1.74. The highest BCUT2D eigenvalue weighted by Crippen LogP contribution is 2.29. The predicted molar refractivity (Wildman–Crippen MR) is 108 cm³/mol. The Morgan fingerprint density at radius 3 is 2.61 bits per heavy atom. The monoisotopic (exact) mass is 381 g/mol. The number of benzene rings is 2. The van der Waals surface area contributed by atoms with Crippen LogP contribution in [0.3, 0.4) is 0 Å². The van der Waals surface area contributed by atoms with Gasteiger partial charge in [-0.2, -0.15) is 0 Å². The molecule has 0 aliphatic heterocycles. The summed E-state index contributed by atoms with van der Waals surface area (Å²) in [6.45, 7) is 4.03. The van der Waals surface area contributed by atoms with Crippen molar-refractivity contribution in [1.29, 1.82) is 0 Å². The lowest BCUT2D eigenvalue weighted by Gasteiger charge is -2.13. The fourth-order valence-corrected chi connectivity index (χ4v) is 3.02. The molecule has 0 aliphatic carbocycles. The zero-order valence-electron chi connectivity index (χ0n) is 16.1. The molecular formula is C21H23N3O4. The van der Waals surface area contributed by atoms with E-state index in [1.54, 1.807) is 6.07 Å². The van der Waals surface area contributed by atoms with Crippen molar-refractivity contribution in [3.63, 3.8) is 0 Å². The van der Waals surface area contributed by atoms with Crippen molar-refractivity contribution in [2.75, 3.05) is 19.0 Å². The van der Waals surface area contributed by atoms with E-state index in [0.717, 1.165) is 10.9 Å². The van der Waals surface area contributed by atoms with E-state index in [1.807, 2.05) is 30.5 Å². The number of ether oxygens (including phenoxy) is 2. The van der Waals surface area contributed by atoms with Gasteiger partial charge in [-0.3, -0.25) is 9.59 Å². The van der Waals surface area contributed by atoms with Crippen molar-refractivity contribution in [3.8, 4) is 11.5 Å². The third-order valence-electron chi connectivity index (χ3n) is 4.40. The maximum absolute atomic E-state index is 12.4. The number of carbonyl (C=O) groups is 2. The van der Waals surface area contributed by atoms with E-state index in [9.17, 15) is 9.59 Å². The average Bonchev–Trinajstić information content (AvgIpc) is 3.11. The topological polar surface area (TPSA) is 95.6 Å². The minimum Gasteiger partial charge on any atom is -0.495 e. The lowest BCUT2D eigenvalue weighted by molar-refractivity contribution is -0.118. The molecule has 2 aromatic carbocycles. The summed E-state index contributed by atoms with van der Waals surface area (Å²) >= 11 is 0. The van der Waals surface area contributed by atoms with Crippen LogP contribution >= 0.6 is 0 Å².